The molecule has 0 aliphatic heterocycles. The minimum Gasteiger partial charge on any atom is -0.497 e. The first-order valence-electron chi connectivity index (χ1n) is 8.35. The van der Waals surface area contributed by atoms with E-state index in [4.69, 9.17) is 9.47 Å². The third-order valence-electron chi connectivity index (χ3n) is 3.79. The normalized spacial score (nSPS) is 11.8. The topological polar surface area (TPSA) is 77.4 Å². The van der Waals surface area contributed by atoms with Crippen LogP contribution in [0.5, 0.6) is 11.5 Å². The maximum atomic E-state index is 12.2. The van der Waals surface area contributed by atoms with Gasteiger partial charge in [-0.2, -0.15) is 5.10 Å². The average Bonchev–Trinajstić information content (AvgIpc) is 3.12. The highest BCUT2D eigenvalue weighted by molar-refractivity contribution is 5.92. The number of aromatic nitrogens is 2. The number of amides is 1. The Balaban J connectivity index is 1.75. The molecule has 7 nitrogen and oxygen atoms in total. The first-order valence-corrected chi connectivity index (χ1v) is 8.35. The summed E-state index contributed by atoms with van der Waals surface area (Å²) in [6, 6.07) is 7.30. The molecule has 1 heterocycles. The van der Waals surface area contributed by atoms with Crippen LogP contribution in [0.25, 0.3) is 0 Å². The lowest BCUT2D eigenvalue weighted by Crippen LogP contribution is -2.31. The molecule has 1 aromatic heterocycles. The Hall–Kier alpha value is -2.54. The van der Waals surface area contributed by atoms with E-state index in [2.05, 4.69) is 15.7 Å². The molecule has 1 unspecified atom stereocenters. The highest BCUT2D eigenvalue weighted by Gasteiger charge is 2.12. The minimum atomic E-state index is -0.0707. The Morgan fingerprint density at radius 2 is 2.16 bits per heavy atom. The van der Waals surface area contributed by atoms with E-state index in [1.807, 2.05) is 23.9 Å². The quantitative estimate of drug-likeness (QED) is 0.646. The fourth-order valence-electron chi connectivity index (χ4n) is 2.49. The summed E-state index contributed by atoms with van der Waals surface area (Å²) in [5.41, 5.74) is 0.609. The largest absolute Gasteiger partial charge is 0.497 e. The van der Waals surface area contributed by atoms with E-state index in [0.29, 0.717) is 23.6 Å². The summed E-state index contributed by atoms with van der Waals surface area (Å²) in [5, 5.41) is 10.4. The molecule has 0 saturated carbocycles. The maximum absolute atomic E-state index is 12.2. The molecule has 2 aromatic rings. The molecule has 0 bridgehead atoms. The number of ether oxygens (including phenoxy) is 2. The van der Waals surface area contributed by atoms with Crippen molar-refractivity contribution in [3.05, 3.63) is 36.7 Å². The molecule has 1 atom stereocenters. The molecule has 0 aliphatic rings. The van der Waals surface area contributed by atoms with Gasteiger partial charge in [0.25, 0.3) is 0 Å². The second-order valence-corrected chi connectivity index (χ2v) is 5.80. The van der Waals surface area contributed by atoms with Gasteiger partial charge in [0.1, 0.15) is 11.5 Å². The molecular formula is C18H26N4O3. The number of nitrogens with zero attached hydrogens (tertiary/aromatic N) is 2. The van der Waals surface area contributed by atoms with E-state index < -0.39 is 0 Å². The van der Waals surface area contributed by atoms with Crippen molar-refractivity contribution in [2.45, 2.75) is 32.4 Å². The second-order valence-electron chi connectivity index (χ2n) is 5.80. The summed E-state index contributed by atoms with van der Waals surface area (Å²) < 4.78 is 12.4. The molecule has 1 aromatic carbocycles. The molecule has 25 heavy (non-hydrogen) atoms. The number of methoxy groups -OCH3 is 2. The van der Waals surface area contributed by atoms with Gasteiger partial charge in [-0.25, -0.2) is 0 Å². The van der Waals surface area contributed by atoms with E-state index in [-0.39, 0.29) is 11.9 Å². The standard InChI is InChI=1S/C18H26N4O3/c1-14(19-8-4-10-22-11-5-9-20-22)12-18(23)21-16-13-15(24-2)6-7-17(16)25-3/h5-7,9,11,13-14,19H,4,8,10,12H2,1-3H3,(H,21,23). The third kappa shape index (κ3) is 6.11. The van der Waals surface area contributed by atoms with Crippen LogP contribution in [-0.2, 0) is 11.3 Å². The molecule has 2 rings (SSSR count). The predicted molar refractivity (Wildman–Crippen MR) is 97.1 cm³/mol. The van der Waals surface area contributed by atoms with Crippen molar-refractivity contribution in [3.63, 3.8) is 0 Å². The Kier molecular flexibility index (Phi) is 7.28. The van der Waals surface area contributed by atoms with Crippen LogP contribution < -0.4 is 20.1 Å². The summed E-state index contributed by atoms with van der Waals surface area (Å²) in [5.74, 6) is 1.20. The summed E-state index contributed by atoms with van der Waals surface area (Å²) in [4.78, 5) is 12.2. The summed E-state index contributed by atoms with van der Waals surface area (Å²) in [6.45, 7) is 3.69. The van der Waals surface area contributed by atoms with Crippen LogP contribution in [0.3, 0.4) is 0 Å². The lowest BCUT2D eigenvalue weighted by Gasteiger charge is -2.15. The van der Waals surface area contributed by atoms with Gasteiger partial charge in [-0.3, -0.25) is 9.48 Å². The highest BCUT2D eigenvalue weighted by atomic mass is 16.5. The number of carbonyl (C=O) groups excluding carboxylic acids is 1. The number of benzene rings is 1. The van der Waals surface area contributed by atoms with Gasteiger partial charge in [-0.1, -0.05) is 0 Å². The SMILES string of the molecule is COc1ccc(OC)c(NC(=O)CC(C)NCCCn2cccn2)c1. The molecule has 136 valence electrons. The van der Waals surface area contributed by atoms with Crippen molar-refractivity contribution in [3.8, 4) is 11.5 Å². The number of rotatable bonds is 10. The average molecular weight is 346 g/mol. The zero-order valence-electron chi connectivity index (χ0n) is 15.0. The molecular weight excluding hydrogens is 320 g/mol. The number of hydrogen-bond donors (Lipinski definition) is 2. The van der Waals surface area contributed by atoms with Gasteiger partial charge in [0, 0.05) is 37.5 Å². The lowest BCUT2D eigenvalue weighted by molar-refractivity contribution is -0.116. The fourth-order valence-corrected chi connectivity index (χ4v) is 2.49. The van der Waals surface area contributed by atoms with Crippen molar-refractivity contribution < 1.29 is 14.3 Å². The van der Waals surface area contributed by atoms with Crippen LogP contribution in [0.15, 0.2) is 36.7 Å². The summed E-state index contributed by atoms with van der Waals surface area (Å²) in [7, 11) is 3.16. The lowest BCUT2D eigenvalue weighted by atomic mass is 10.2. The highest BCUT2D eigenvalue weighted by Crippen LogP contribution is 2.28. The van der Waals surface area contributed by atoms with Crippen molar-refractivity contribution in [2.75, 3.05) is 26.1 Å². The van der Waals surface area contributed by atoms with Gasteiger partial charge < -0.3 is 20.1 Å². The molecule has 0 aliphatic carbocycles. The Bertz CT molecular complexity index is 658. The fraction of sp³-hybridized carbons (Fsp3) is 0.444. The zero-order chi connectivity index (χ0) is 18.1. The number of nitrogens with one attached hydrogen (secondary N) is 2. The van der Waals surface area contributed by atoms with Crippen molar-refractivity contribution >= 4 is 11.6 Å². The second kappa shape index (κ2) is 9.68. The van der Waals surface area contributed by atoms with E-state index in [9.17, 15) is 4.79 Å². The molecule has 0 radical (unpaired) electrons. The Labute approximate surface area is 148 Å². The van der Waals surface area contributed by atoms with Crippen molar-refractivity contribution in [1.29, 1.82) is 0 Å². The van der Waals surface area contributed by atoms with Crippen LogP contribution in [-0.4, -0.2) is 42.5 Å². The molecule has 1 amide bonds. The number of hydrogen-bond acceptors (Lipinski definition) is 5. The summed E-state index contributed by atoms with van der Waals surface area (Å²) >= 11 is 0. The number of aryl methyl sites for hydroxylation is 1. The smallest absolute Gasteiger partial charge is 0.226 e. The van der Waals surface area contributed by atoms with E-state index in [1.165, 1.54) is 0 Å². The maximum Gasteiger partial charge on any atom is 0.226 e. The Morgan fingerprint density at radius 1 is 1.32 bits per heavy atom. The van der Waals surface area contributed by atoms with Crippen LogP contribution in [0, 0.1) is 0 Å². The van der Waals surface area contributed by atoms with Gasteiger partial charge in [0.2, 0.25) is 5.91 Å². The van der Waals surface area contributed by atoms with Crippen LogP contribution in [0.2, 0.25) is 0 Å². The van der Waals surface area contributed by atoms with Crippen molar-refractivity contribution in [1.82, 2.24) is 15.1 Å². The van der Waals surface area contributed by atoms with Crippen LogP contribution >= 0.6 is 0 Å². The molecule has 7 heteroatoms. The molecule has 0 spiro atoms. The van der Waals surface area contributed by atoms with Gasteiger partial charge in [-0.15, -0.1) is 0 Å². The monoisotopic (exact) mass is 346 g/mol. The minimum absolute atomic E-state index is 0.0707. The first-order chi connectivity index (χ1) is 12.1. The molecule has 2 N–H and O–H groups in total. The van der Waals surface area contributed by atoms with Gasteiger partial charge in [0.15, 0.2) is 0 Å². The van der Waals surface area contributed by atoms with Gasteiger partial charge in [0.05, 0.1) is 19.9 Å². The molecule has 0 fully saturated rings. The van der Waals surface area contributed by atoms with E-state index >= 15 is 0 Å². The summed E-state index contributed by atoms with van der Waals surface area (Å²) in [6.07, 6.45) is 5.05. The van der Waals surface area contributed by atoms with E-state index in [1.54, 1.807) is 38.6 Å². The first kappa shape index (κ1) is 18.8. The molecule has 0 saturated heterocycles. The number of anilines is 1. The van der Waals surface area contributed by atoms with Crippen LogP contribution in [0.1, 0.15) is 19.8 Å². The predicted octanol–water partition coefficient (Wildman–Crippen LogP) is 2.30. The van der Waals surface area contributed by atoms with Crippen LogP contribution in [0.4, 0.5) is 5.69 Å². The van der Waals surface area contributed by atoms with Crippen molar-refractivity contribution in [2.24, 2.45) is 0 Å². The van der Waals surface area contributed by atoms with Gasteiger partial charge >= 0.3 is 0 Å². The Morgan fingerprint density at radius 3 is 2.84 bits per heavy atom. The zero-order valence-corrected chi connectivity index (χ0v) is 15.0. The van der Waals surface area contributed by atoms with E-state index in [0.717, 1.165) is 19.5 Å². The number of carbonyl (C=O) groups is 1. The van der Waals surface area contributed by atoms with Gasteiger partial charge in [-0.05, 0) is 38.1 Å². The third-order valence-corrected chi connectivity index (χ3v) is 3.79.